The number of carbonyl (C=O) groups is 2. The first-order valence-electron chi connectivity index (χ1n) is 6.29. The van der Waals surface area contributed by atoms with Gasteiger partial charge in [-0.2, -0.15) is 0 Å². The molecule has 1 aromatic carbocycles. The summed E-state index contributed by atoms with van der Waals surface area (Å²) in [7, 11) is 0. The zero-order valence-electron chi connectivity index (χ0n) is 11.4. The predicted molar refractivity (Wildman–Crippen MR) is 74.1 cm³/mol. The van der Waals surface area contributed by atoms with Crippen LogP contribution in [-0.4, -0.2) is 29.3 Å². The summed E-state index contributed by atoms with van der Waals surface area (Å²) >= 11 is 0. The molecule has 0 aliphatic rings. The molecule has 0 radical (unpaired) electrons. The van der Waals surface area contributed by atoms with Crippen molar-refractivity contribution < 1.29 is 9.59 Å². The van der Waals surface area contributed by atoms with E-state index < -0.39 is 5.91 Å². The molecule has 5 heteroatoms. The number of hydrogen-bond donors (Lipinski definition) is 2. The minimum absolute atomic E-state index is 0.0443. The summed E-state index contributed by atoms with van der Waals surface area (Å²) in [5.41, 5.74) is 12.6. The number of primary amides is 1. The number of rotatable bonds is 6. The highest BCUT2D eigenvalue weighted by atomic mass is 16.2. The van der Waals surface area contributed by atoms with E-state index in [1.54, 1.807) is 0 Å². The summed E-state index contributed by atoms with van der Waals surface area (Å²) in [4.78, 5) is 24.6. The maximum atomic E-state index is 12.1. The maximum Gasteiger partial charge on any atom is 0.237 e. The molecule has 0 aliphatic carbocycles. The topological polar surface area (TPSA) is 89.4 Å². The standard InChI is InChI=1S/C14H21N3O2/c1-10(2)17(9-13(16)18)14(19)7-11-3-5-12(8-15)6-4-11/h3-6,10H,7-9,15H2,1-2H3,(H2,16,18). The minimum Gasteiger partial charge on any atom is -0.368 e. The molecule has 0 aliphatic heterocycles. The van der Waals surface area contributed by atoms with Crippen molar-refractivity contribution >= 4 is 11.8 Å². The van der Waals surface area contributed by atoms with E-state index in [4.69, 9.17) is 11.5 Å². The van der Waals surface area contributed by atoms with Gasteiger partial charge in [0.1, 0.15) is 0 Å². The van der Waals surface area contributed by atoms with Gasteiger partial charge >= 0.3 is 0 Å². The molecular weight excluding hydrogens is 242 g/mol. The van der Waals surface area contributed by atoms with Crippen molar-refractivity contribution in [1.29, 1.82) is 0 Å². The number of amides is 2. The van der Waals surface area contributed by atoms with Gasteiger partial charge in [-0.1, -0.05) is 24.3 Å². The van der Waals surface area contributed by atoms with Crippen molar-refractivity contribution in [3.8, 4) is 0 Å². The highest BCUT2D eigenvalue weighted by Gasteiger charge is 2.18. The molecular formula is C14H21N3O2. The Morgan fingerprint density at radius 3 is 2.11 bits per heavy atom. The fourth-order valence-electron chi connectivity index (χ4n) is 1.80. The molecule has 4 N–H and O–H groups in total. The molecule has 1 rings (SSSR count). The van der Waals surface area contributed by atoms with E-state index in [1.165, 1.54) is 4.90 Å². The summed E-state index contributed by atoms with van der Waals surface area (Å²) in [6.45, 7) is 4.15. The molecule has 2 amide bonds. The van der Waals surface area contributed by atoms with Crippen LogP contribution < -0.4 is 11.5 Å². The van der Waals surface area contributed by atoms with Crippen molar-refractivity contribution in [3.05, 3.63) is 35.4 Å². The summed E-state index contributed by atoms with van der Waals surface area (Å²) in [5, 5.41) is 0. The minimum atomic E-state index is -0.500. The van der Waals surface area contributed by atoms with Crippen LogP contribution >= 0.6 is 0 Å². The summed E-state index contributed by atoms with van der Waals surface area (Å²) in [6, 6.07) is 7.50. The van der Waals surface area contributed by atoms with Gasteiger partial charge in [0.25, 0.3) is 0 Å². The van der Waals surface area contributed by atoms with Gasteiger partial charge in [-0.05, 0) is 25.0 Å². The van der Waals surface area contributed by atoms with Gasteiger partial charge < -0.3 is 16.4 Å². The number of benzene rings is 1. The Labute approximate surface area is 113 Å². The van der Waals surface area contributed by atoms with Crippen LogP contribution in [0.4, 0.5) is 0 Å². The average Bonchev–Trinajstić information content (AvgIpc) is 2.36. The third kappa shape index (κ3) is 4.71. The largest absolute Gasteiger partial charge is 0.368 e. The number of nitrogens with two attached hydrogens (primary N) is 2. The third-order valence-corrected chi connectivity index (χ3v) is 2.88. The molecule has 0 heterocycles. The Morgan fingerprint density at radius 1 is 1.16 bits per heavy atom. The SMILES string of the molecule is CC(C)N(CC(N)=O)C(=O)Cc1ccc(CN)cc1. The monoisotopic (exact) mass is 263 g/mol. The van der Waals surface area contributed by atoms with Gasteiger partial charge in [0, 0.05) is 12.6 Å². The van der Waals surface area contributed by atoms with Crippen molar-refractivity contribution in [2.45, 2.75) is 32.9 Å². The van der Waals surface area contributed by atoms with Gasteiger partial charge in [0.05, 0.1) is 13.0 Å². The van der Waals surface area contributed by atoms with Gasteiger partial charge in [-0.3, -0.25) is 9.59 Å². The summed E-state index contributed by atoms with van der Waals surface area (Å²) < 4.78 is 0. The number of nitrogens with zero attached hydrogens (tertiary/aromatic N) is 1. The molecule has 104 valence electrons. The van der Waals surface area contributed by atoms with Crippen LogP contribution in [0.25, 0.3) is 0 Å². The molecule has 0 fully saturated rings. The van der Waals surface area contributed by atoms with Crippen LogP contribution in [0.3, 0.4) is 0 Å². The predicted octanol–water partition coefficient (Wildman–Crippen LogP) is 0.410. The smallest absolute Gasteiger partial charge is 0.237 e. The Hall–Kier alpha value is -1.88. The second-order valence-electron chi connectivity index (χ2n) is 4.78. The first kappa shape index (κ1) is 15.2. The van der Waals surface area contributed by atoms with Crippen LogP contribution in [0.15, 0.2) is 24.3 Å². The van der Waals surface area contributed by atoms with Crippen LogP contribution in [0.1, 0.15) is 25.0 Å². The first-order chi connectivity index (χ1) is 8.93. The molecule has 5 nitrogen and oxygen atoms in total. The summed E-state index contributed by atoms with van der Waals surface area (Å²) in [5.74, 6) is -0.602. The first-order valence-corrected chi connectivity index (χ1v) is 6.29. The lowest BCUT2D eigenvalue weighted by molar-refractivity contribution is -0.136. The molecule has 0 saturated heterocycles. The van der Waals surface area contributed by atoms with E-state index in [-0.39, 0.29) is 24.9 Å². The average molecular weight is 263 g/mol. The van der Waals surface area contributed by atoms with E-state index in [0.717, 1.165) is 11.1 Å². The van der Waals surface area contributed by atoms with Gasteiger partial charge in [0.2, 0.25) is 11.8 Å². The lowest BCUT2D eigenvalue weighted by atomic mass is 10.1. The molecule has 0 unspecified atom stereocenters. The molecule has 0 saturated carbocycles. The lowest BCUT2D eigenvalue weighted by Gasteiger charge is -2.25. The maximum absolute atomic E-state index is 12.1. The van der Waals surface area contributed by atoms with E-state index in [9.17, 15) is 9.59 Å². The Kier molecular flexibility index (Phi) is 5.51. The third-order valence-electron chi connectivity index (χ3n) is 2.88. The van der Waals surface area contributed by atoms with E-state index in [1.807, 2.05) is 38.1 Å². The second-order valence-corrected chi connectivity index (χ2v) is 4.78. The fourth-order valence-corrected chi connectivity index (χ4v) is 1.80. The van der Waals surface area contributed by atoms with Crippen LogP contribution in [0, 0.1) is 0 Å². The van der Waals surface area contributed by atoms with Crippen molar-refractivity contribution in [3.63, 3.8) is 0 Å². The number of hydrogen-bond acceptors (Lipinski definition) is 3. The Balaban J connectivity index is 2.72. The second kappa shape index (κ2) is 6.89. The number of carbonyl (C=O) groups excluding carboxylic acids is 2. The molecule has 1 aromatic rings. The zero-order valence-corrected chi connectivity index (χ0v) is 11.4. The Morgan fingerprint density at radius 2 is 1.68 bits per heavy atom. The van der Waals surface area contributed by atoms with Gasteiger partial charge in [-0.25, -0.2) is 0 Å². The van der Waals surface area contributed by atoms with Crippen molar-refractivity contribution in [2.75, 3.05) is 6.54 Å². The Bertz CT molecular complexity index is 441. The molecule has 0 spiro atoms. The normalized spacial score (nSPS) is 10.5. The van der Waals surface area contributed by atoms with Crippen LogP contribution in [-0.2, 0) is 22.6 Å². The molecule has 0 aromatic heterocycles. The quantitative estimate of drug-likeness (QED) is 0.779. The highest BCUT2D eigenvalue weighted by molar-refractivity contribution is 5.85. The molecule has 0 atom stereocenters. The fraction of sp³-hybridized carbons (Fsp3) is 0.429. The van der Waals surface area contributed by atoms with Crippen LogP contribution in [0.2, 0.25) is 0 Å². The van der Waals surface area contributed by atoms with Gasteiger partial charge in [0.15, 0.2) is 0 Å². The van der Waals surface area contributed by atoms with E-state index in [0.29, 0.717) is 6.54 Å². The van der Waals surface area contributed by atoms with E-state index in [2.05, 4.69) is 0 Å². The lowest BCUT2D eigenvalue weighted by Crippen LogP contribution is -2.43. The summed E-state index contributed by atoms with van der Waals surface area (Å²) in [6.07, 6.45) is 0.260. The zero-order chi connectivity index (χ0) is 14.4. The van der Waals surface area contributed by atoms with Crippen LogP contribution in [0.5, 0.6) is 0 Å². The molecule has 19 heavy (non-hydrogen) atoms. The van der Waals surface area contributed by atoms with E-state index >= 15 is 0 Å². The van der Waals surface area contributed by atoms with Crippen molar-refractivity contribution in [2.24, 2.45) is 11.5 Å². The van der Waals surface area contributed by atoms with Crippen molar-refractivity contribution in [1.82, 2.24) is 4.90 Å². The van der Waals surface area contributed by atoms with Gasteiger partial charge in [-0.15, -0.1) is 0 Å². The highest BCUT2D eigenvalue weighted by Crippen LogP contribution is 2.08. The molecule has 0 bridgehead atoms.